The van der Waals surface area contributed by atoms with Gasteiger partial charge in [0.2, 0.25) is 5.95 Å². The van der Waals surface area contributed by atoms with Crippen molar-refractivity contribution in [3.63, 3.8) is 0 Å². The van der Waals surface area contributed by atoms with E-state index in [1.807, 2.05) is 12.1 Å². The number of halogens is 1. The van der Waals surface area contributed by atoms with E-state index >= 15 is 0 Å². The van der Waals surface area contributed by atoms with E-state index in [0.29, 0.717) is 18.3 Å². The molecule has 0 bridgehead atoms. The predicted octanol–water partition coefficient (Wildman–Crippen LogP) is 4.66. The largest absolute Gasteiger partial charge is 0.365 e. The molecule has 0 saturated carbocycles. The summed E-state index contributed by atoms with van der Waals surface area (Å²) in [7, 11) is 0. The Balaban J connectivity index is 1.64. The molecule has 0 radical (unpaired) electrons. The van der Waals surface area contributed by atoms with E-state index in [1.165, 1.54) is 17.7 Å². The normalized spacial score (nSPS) is 11.2. The van der Waals surface area contributed by atoms with Gasteiger partial charge in [-0.05, 0) is 40.8 Å². The third kappa shape index (κ3) is 4.75. The van der Waals surface area contributed by atoms with E-state index in [2.05, 4.69) is 58.7 Å². The van der Waals surface area contributed by atoms with Gasteiger partial charge in [-0.15, -0.1) is 5.10 Å². The molecule has 0 unspecified atom stereocenters. The summed E-state index contributed by atoms with van der Waals surface area (Å²) in [6, 6.07) is 14.5. The first-order valence-corrected chi connectivity index (χ1v) is 8.46. The highest BCUT2D eigenvalue weighted by molar-refractivity contribution is 5.55. The molecule has 2 aromatic carbocycles. The number of benzene rings is 2. The zero-order chi connectivity index (χ0) is 18.6. The van der Waals surface area contributed by atoms with Crippen molar-refractivity contribution in [2.75, 3.05) is 10.6 Å². The van der Waals surface area contributed by atoms with Gasteiger partial charge in [-0.2, -0.15) is 10.1 Å². The van der Waals surface area contributed by atoms with Crippen LogP contribution in [-0.4, -0.2) is 15.2 Å². The third-order valence-electron chi connectivity index (χ3n) is 3.95. The van der Waals surface area contributed by atoms with Crippen LogP contribution >= 0.6 is 0 Å². The second-order valence-corrected chi connectivity index (χ2v) is 7.10. The van der Waals surface area contributed by atoms with Gasteiger partial charge in [0.15, 0.2) is 5.82 Å². The van der Waals surface area contributed by atoms with Gasteiger partial charge in [-0.25, -0.2) is 4.39 Å². The fourth-order valence-electron chi connectivity index (χ4n) is 2.42. The molecule has 1 heterocycles. The molecule has 3 rings (SSSR count). The lowest BCUT2D eigenvalue weighted by Gasteiger charge is -2.19. The highest BCUT2D eigenvalue weighted by atomic mass is 19.1. The molecule has 0 atom stereocenters. The maximum atomic E-state index is 12.9. The third-order valence-corrected chi connectivity index (χ3v) is 3.95. The minimum absolute atomic E-state index is 0.112. The van der Waals surface area contributed by atoms with Gasteiger partial charge in [0.1, 0.15) is 5.82 Å². The van der Waals surface area contributed by atoms with Gasteiger partial charge in [0.05, 0.1) is 6.20 Å². The molecule has 2 N–H and O–H groups in total. The molecule has 0 fully saturated rings. The SMILES string of the molecule is CC(C)(C)c1ccc(Nc2nncc(NCc3ccc(F)cc3)n2)cc1. The van der Waals surface area contributed by atoms with Crippen LogP contribution in [0.2, 0.25) is 0 Å². The lowest BCUT2D eigenvalue weighted by atomic mass is 9.87. The summed E-state index contributed by atoms with van der Waals surface area (Å²) in [5.74, 6) is 0.761. The van der Waals surface area contributed by atoms with E-state index in [-0.39, 0.29) is 11.2 Å². The number of nitrogens with one attached hydrogen (secondary N) is 2. The molecule has 0 amide bonds. The van der Waals surface area contributed by atoms with Crippen molar-refractivity contribution in [3.8, 4) is 0 Å². The molecule has 1 aromatic heterocycles. The Labute approximate surface area is 152 Å². The lowest BCUT2D eigenvalue weighted by molar-refractivity contribution is 0.590. The molecule has 0 spiro atoms. The Morgan fingerprint density at radius 3 is 2.31 bits per heavy atom. The molecular formula is C20H22FN5. The number of aromatic nitrogens is 3. The van der Waals surface area contributed by atoms with Crippen molar-refractivity contribution in [2.45, 2.75) is 32.7 Å². The highest BCUT2D eigenvalue weighted by Crippen LogP contribution is 2.24. The molecule has 5 nitrogen and oxygen atoms in total. The zero-order valence-electron chi connectivity index (χ0n) is 15.1. The van der Waals surface area contributed by atoms with Crippen molar-refractivity contribution in [2.24, 2.45) is 0 Å². The molecule has 0 aliphatic carbocycles. The van der Waals surface area contributed by atoms with Crippen molar-refractivity contribution in [1.29, 1.82) is 0 Å². The van der Waals surface area contributed by atoms with Crippen LogP contribution in [0.5, 0.6) is 0 Å². The first kappa shape index (κ1) is 17.8. The number of hydrogen-bond acceptors (Lipinski definition) is 5. The van der Waals surface area contributed by atoms with Gasteiger partial charge < -0.3 is 10.6 Å². The Morgan fingerprint density at radius 1 is 0.962 bits per heavy atom. The molecular weight excluding hydrogens is 329 g/mol. The first-order chi connectivity index (χ1) is 12.4. The average molecular weight is 351 g/mol. The molecule has 0 aliphatic heterocycles. The van der Waals surface area contributed by atoms with Gasteiger partial charge >= 0.3 is 0 Å². The molecule has 3 aromatic rings. The summed E-state index contributed by atoms with van der Waals surface area (Å²) in [4.78, 5) is 4.40. The minimum Gasteiger partial charge on any atom is -0.365 e. The maximum Gasteiger partial charge on any atom is 0.249 e. The van der Waals surface area contributed by atoms with Gasteiger partial charge in [-0.1, -0.05) is 45.0 Å². The van der Waals surface area contributed by atoms with Crippen LogP contribution in [0.15, 0.2) is 54.7 Å². The number of rotatable bonds is 5. The maximum absolute atomic E-state index is 12.9. The summed E-state index contributed by atoms with van der Waals surface area (Å²) < 4.78 is 12.9. The summed E-state index contributed by atoms with van der Waals surface area (Å²) in [6.45, 7) is 7.06. The van der Waals surface area contributed by atoms with Gasteiger partial charge in [0.25, 0.3) is 0 Å². The fourth-order valence-corrected chi connectivity index (χ4v) is 2.42. The Morgan fingerprint density at radius 2 is 1.65 bits per heavy atom. The summed E-state index contributed by atoms with van der Waals surface area (Å²) in [5, 5.41) is 14.3. The van der Waals surface area contributed by atoms with Crippen LogP contribution in [0.25, 0.3) is 0 Å². The number of anilines is 3. The van der Waals surface area contributed by atoms with E-state index < -0.39 is 0 Å². The summed E-state index contributed by atoms with van der Waals surface area (Å²) in [6.07, 6.45) is 1.55. The quantitative estimate of drug-likeness (QED) is 0.700. The van der Waals surface area contributed by atoms with E-state index in [9.17, 15) is 4.39 Å². The van der Waals surface area contributed by atoms with E-state index in [4.69, 9.17) is 0 Å². The van der Waals surface area contributed by atoms with Crippen molar-refractivity contribution in [3.05, 3.63) is 71.7 Å². The highest BCUT2D eigenvalue weighted by Gasteiger charge is 2.13. The zero-order valence-corrected chi connectivity index (χ0v) is 15.1. The molecule has 0 aliphatic rings. The average Bonchev–Trinajstić information content (AvgIpc) is 2.61. The molecule has 0 saturated heterocycles. The molecule has 134 valence electrons. The predicted molar refractivity (Wildman–Crippen MR) is 102 cm³/mol. The molecule has 6 heteroatoms. The monoisotopic (exact) mass is 351 g/mol. The lowest BCUT2D eigenvalue weighted by Crippen LogP contribution is -2.10. The Bertz CT molecular complexity index is 855. The van der Waals surface area contributed by atoms with Crippen LogP contribution in [0, 0.1) is 5.82 Å². The van der Waals surface area contributed by atoms with Crippen molar-refractivity contribution in [1.82, 2.24) is 15.2 Å². The van der Waals surface area contributed by atoms with Crippen LogP contribution in [0.3, 0.4) is 0 Å². The fraction of sp³-hybridized carbons (Fsp3) is 0.250. The minimum atomic E-state index is -0.249. The first-order valence-electron chi connectivity index (χ1n) is 8.46. The second-order valence-electron chi connectivity index (χ2n) is 7.10. The van der Waals surface area contributed by atoms with E-state index in [1.54, 1.807) is 18.3 Å². The summed E-state index contributed by atoms with van der Waals surface area (Å²) in [5.41, 5.74) is 3.23. The topological polar surface area (TPSA) is 62.7 Å². The van der Waals surface area contributed by atoms with Crippen LogP contribution in [0.1, 0.15) is 31.9 Å². The van der Waals surface area contributed by atoms with E-state index in [0.717, 1.165) is 11.3 Å². The Kier molecular flexibility index (Phi) is 5.11. The molecule has 26 heavy (non-hydrogen) atoms. The number of hydrogen-bond donors (Lipinski definition) is 2. The van der Waals surface area contributed by atoms with Crippen molar-refractivity contribution >= 4 is 17.5 Å². The van der Waals surface area contributed by atoms with Crippen LogP contribution < -0.4 is 10.6 Å². The Hall–Kier alpha value is -3.02. The standard InChI is InChI=1S/C20H22FN5/c1-20(2,3)15-6-10-17(11-7-15)24-19-25-18(13-23-26-19)22-12-14-4-8-16(21)9-5-14/h4-11,13H,12H2,1-3H3,(H2,22,24,25,26). The number of nitrogens with zero attached hydrogens (tertiary/aromatic N) is 3. The van der Waals surface area contributed by atoms with Gasteiger partial charge in [-0.3, -0.25) is 0 Å². The summed E-state index contributed by atoms with van der Waals surface area (Å²) >= 11 is 0. The second kappa shape index (κ2) is 7.47. The van der Waals surface area contributed by atoms with Gasteiger partial charge in [0, 0.05) is 12.2 Å². The van der Waals surface area contributed by atoms with Crippen molar-refractivity contribution < 1.29 is 4.39 Å². The van der Waals surface area contributed by atoms with Crippen LogP contribution in [-0.2, 0) is 12.0 Å². The smallest absolute Gasteiger partial charge is 0.249 e. The van der Waals surface area contributed by atoms with Crippen LogP contribution in [0.4, 0.5) is 21.8 Å².